The number of nitrogens with zero attached hydrogens (tertiary/aromatic N) is 1. The van der Waals surface area contributed by atoms with Gasteiger partial charge in [-0.15, -0.1) is 11.3 Å². The summed E-state index contributed by atoms with van der Waals surface area (Å²) in [6.07, 6.45) is 1.08. The highest BCUT2D eigenvalue weighted by molar-refractivity contribution is 7.11. The topological polar surface area (TPSA) is 50.9 Å². The van der Waals surface area contributed by atoms with Crippen LogP contribution in [0.2, 0.25) is 5.02 Å². The lowest BCUT2D eigenvalue weighted by Crippen LogP contribution is -2.38. The number of nitrogens with one attached hydrogen (secondary N) is 1. The van der Waals surface area contributed by atoms with Crippen LogP contribution >= 0.6 is 22.9 Å². The first kappa shape index (κ1) is 15.4. The zero-order chi connectivity index (χ0) is 14.7. The van der Waals surface area contributed by atoms with Gasteiger partial charge in [0.1, 0.15) is 5.82 Å². The van der Waals surface area contributed by atoms with Gasteiger partial charge < -0.3 is 0 Å². The summed E-state index contributed by atoms with van der Waals surface area (Å²) in [6, 6.07) is 4.59. The summed E-state index contributed by atoms with van der Waals surface area (Å²) in [5.41, 5.74) is 4.24. The van der Waals surface area contributed by atoms with Gasteiger partial charge in [-0.05, 0) is 32.4 Å². The number of hydrazine groups is 1. The van der Waals surface area contributed by atoms with Crippen LogP contribution in [-0.4, -0.2) is 11.0 Å². The van der Waals surface area contributed by atoms with Gasteiger partial charge in [0.2, 0.25) is 0 Å². The number of aromatic nitrogens is 1. The van der Waals surface area contributed by atoms with Crippen molar-refractivity contribution in [2.75, 3.05) is 0 Å². The highest BCUT2D eigenvalue weighted by Gasteiger charge is 2.16. The van der Waals surface area contributed by atoms with E-state index in [1.165, 1.54) is 10.9 Å². The number of hydrogen-bond acceptors (Lipinski definition) is 4. The lowest BCUT2D eigenvalue weighted by atomic mass is 10.0. The first-order chi connectivity index (χ1) is 9.51. The van der Waals surface area contributed by atoms with Gasteiger partial charge in [-0.2, -0.15) is 0 Å². The molecule has 1 unspecified atom stereocenters. The van der Waals surface area contributed by atoms with E-state index >= 15 is 0 Å². The molecule has 0 aliphatic heterocycles. The molecule has 0 fully saturated rings. The summed E-state index contributed by atoms with van der Waals surface area (Å²) in [5.74, 6) is 5.27. The van der Waals surface area contributed by atoms with E-state index in [1.54, 1.807) is 23.5 Å². The molecule has 1 aromatic carbocycles. The highest BCUT2D eigenvalue weighted by Crippen LogP contribution is 2.23. The third-order valence-electron chi connectivity index (χ3n) is 3.24. The van der Waals surface area contributed by atoms with Crippen molar-refractivity contribution in [3.63, 3.8) is 0 Å². The third-order valence-corrected chi connectivity index (χ3v) is 4.69. The van der Waals surface area contributed by atoms with E-state index < -0.39 is 0 Å². The molecular weight excluding hydrogens is 297 g/mol. The molecule has 20 heavy (non-hydrogen) atoms. The van der Waals surface area contributed by atoms with Crippen LogP contribution in [0.3, 0.4) is 0 Å². The Hall–Kier alpha value is -1.01. The zero-order valence-electron chi connectivity index (χ0n) is 11.4. The first-order valence-electron chi connectivity index (χ1n) is 6.33. The van der Waals surface area contributed by atoms with Gasteiger partial charge in [0, 0.05) is 27.9 Å². The molecule has 0 bridgehead atoms. The number of halogens is 2. The van der Waals surface area contributed by atoms with Crippen LogP contribution in [0.5, 0.6) is 0 Å². The van der Waals surface area contributed by atoms with Crippen molar-refractivity contribution in [1.82, 2.24) is 10.4 Å². The Balaban J connectivity index is 2.13. The fourth-order valence-electron chi connectivity index (χ4n) is 2.00. The van der Waals surface area contributed by atoms with Crippen LogP contribution in [0.15, 0.2) is 18.2 Å². The molecule has 1 atom stereocenters. The van der Waals surface area contributed by atoms with Crippen molar-refractivity contribution in [1.29, 1.82) is 0 Å². The minimum atomic E-state index is -0.302. The number of aryl methyl sites for hydroxylation is 2. The standard InChI is InChI=1S/C14H17ClFN3S/c1-8-9(2)20-14(18-8)7-10(19-17)6-11-12(15)4-3-5-13(11)16/h3-5,10,19H,6-7,17H2,1-2H3. The Morgan fingerprint density at radius 1 is 1.40 bits per heavy atom. The summed E-state index contributed by atoms with van der Waals surface area (Å²) >= 11 is 7.68. The fraction of sp³-hybridized carbons (Fsp3) is 0.357. The molecule has 6 heteroatoms. The van der Waals surface area contributed by atoms with Crippen molar-refractivity contribution in [3.8, 4) is 0 Å². The fourth-order valence-corrected chi connectivity index (χ4v) is 3.26. The van der Waals surface area contributed by atoms with E-state index in [0.717, 1.165) is 10.7 Å². The molecular formula is C14H17ClFN3S. The molecule has 1 aromatic heterocycles. The Labute approximate surface area is 127 Å². The average molecular weight is 314 g/mol. The molecule has 1 heterocycles. The Bertz CT molecular complexity index is 560. The second-order valence-electron chi connectivity index (χ2n) is 4.72. The van der Waals surface area contributed by atoms with Crippen molar-refractivity contribution >= 4 is 22.9 Å². The number of rotatable bonds is 5. The van der Waals surface area contributed by atoms with Crippen molar-refractivity contribution in [2.24, 2.45) is 5.84 Å². The van der Waals surface area contributed by atoms with E-state index in [2.05, 4.69) is 10.4 Å². The second-order valence-corrected chi connectivity index (χ2v) is 6.42. The van der Waals surface area contributed by atoms with Crippen molar-refractivity contribution < 1.29 is 4.39 Å². The summed E-state index contributed by atoms with van der Waals surface area (Å²) in [6.45, 7) is 4.02. The van der Waals surface area contributed by atoms with Crippen LogP contribution < -0.4 is 11.3 Å². The van der Waals surface area contributed by atoms with Crippen molar-refractivity contribution in [2.45, 2.75) is 32.7 Å². The Morgan fingerprint density at radius 2 is 2.15 bits per heavy atom. The monoisotopic (exact) mass is 313 g/mol. The van der Waals surface area contributed by atoms with Crippen LogP contribution in [0.1, 0.15) is 21.1 Å². The van der Waals surface area contributed by atoms with E-state index in [-0.39, 0.29) is 11.9 Å². The van der Waals surface area contributed by atoms with Gasteiger partial charge in [0.05, 0.1) is 10.7 Å². The minimum absolute atomic E-state index is 0.102. The molecule has 0 saturated heterocycles. The number of hydrogen-bond donors (Lipinski definition) is 2. The van der Waals surface area contributed by atoms with Crippen molar-refractivity contribution in [3.05, 3.63) is 50.2 Å². The molecule has 3 nitrogen and oxygen atoms in total. The van der Waals surface area contributed by atoms with Crippen LogP contribution in [0, 0.1) is 19.7 Å². The number of thiazole rings is 1. The first-order valence-corrected chi connectivity index (χ1v) is 7.52. The predicted octanol–water partition coefficient (Wildman–Crippen LogP) is 3.17. The van der Waals surface area contributed by atoms with Gasteiger partial charge in [0.15, 0.2) is 0 Å². The molecule has 2 aromatic rings. The highest BCUT2D eigenvalue weighted by atomic mass is 35.5. The minimum Gasteiger partial charge on any atom is -0.271 e. The molecule has 0 amide bonds. The largest absolute Gasteiger partial charge is 0.271 e. The maximum Gasteiger partial charge on any atom is 0.127 e. The predicted molar refractivity (Wildman–Crippen MR) is 81.5 cm³/mol. The van der Waals surface area contributed by atoms with E-state index in [1.807, 2.05) is 13.8 Å². The maximum atomic E-state index is 13.8. The molecule has 0 aliphatic carbocycles. The molecule has 0 spiro atoms. The van der Waals surface area contributed by atoms with Crippen LogP contribution in [0.25, 0.3) is 0 Å². The smallest absolute Gasteiger partial charge is 0.127 e. The van der Waals surface area contributed by atoms with Gasteiger partial charge >= 0.3 is 0 Å². The van der Waals surface area contributed by atoms with E-state index in [4.69, 9.17) is 17.4 Å². The Kier molecular flexibility index (Phi) is 5.10. The van der Waals surface area contributed by atoms with Gasteiger partial charge in [-0.3, -0.25) is 11.3 Å². The Morgan fingerprint density at radius 3 is 2.70 bits per heavy atom. The van der Waals surface area contributed by atoms with Crippen LogP contribution in [-0.2, 0) is 12.8 Å². The number of nitrogens with two attached hydrogens (primary N) is 1. The number of benzene rings is 1. The summed E-state index contributed by atoms with van der Waals surface area (Å²) in [7, 11) is 0. The van der Waals surface area contributed by atoms with Gasteiger partial charge in [-0.25, -0.2) is 9.37 Å². The lowest BCUT2D eigenvalue weighted by Gasteiger charge is -2.16. The summed E-state index contributed by atoms with van der Waals surface area (Å²) in [4.78, 5) is 5.67. The molecule has 108 valence electrons. The van der Waals surface area contributed by atoms with Gasteiger partial charge in [0.25, 0.3) is 0 Å². The average Bonchev–Trinajstić information content (AvgIpc) is 2.71. The molecule has 2 rings (SSSR count). The third kappa shape index (κ3) is 3.55. The lowest BCUT2D eigenvalue weighted by molar-refractivity contribution is 0.505. The van der Waals surface area contributed by atoms with E-state index in [9.17, 15) is 4.39 Å². The molecule has 0 radical (unpaired) electrons. The second kappa shape index (κ2) is 6.63. The quantitative estimate of drug-likeness (QED) is 0.658. The zero-order valence-corrected chi connectivity index (χ0v) is 13.0. The molecule has 0 aliphatic rings. The van der Waals surface area contributed by atoms with Gasteiger partial charge in [-0.1, -0.05) is 17.7 Å². The normalized spacial score (nSPS) is 12.7. The summed E-state index contributed by atoms with van der Waals surface area (Å²) < 4.78 is 13.8. The SMILES string of the molecule is Cc1nc(CC(Cc2c(F)cccc2Cl)NN)sc1C. The molecule has 3 N–H and O–H groups in total. The molecule has 0 saturated carbocycles. The van der Waals surface area contributed by atoms with E-state index in [0.29, 0.717) is 23.4 Å². The van der Waals surface area contributed by atoms with Crippen LogP contribution in [0.4, 0.5) is 4.39 Å². The maximum absolute atomic E-state index is 13.8. The summed E-state index contributed by atoms with van der Waals surface area (Å²) in [5, 5.41) is 1.42.